The van der Waals surface area contributed by atoms with Gasteiger partial charge in [-0.05, 0) is 0 Å². The Morgan fingerprint density at radius 1 is 1.07 bits per heavy atom. The number of rotatable bonds is 2. The molecule has 0 N–H and O–H groups in total. The zero-order valence-electron chi connectivity index (χ0n) is 7.22. The molecule has 0 unspecified atom stereocenters. The SMILES string of the molecule is Clc1ccnc([Te]c2ccccc2)n1. The minimum atomic E-state index is -0.480. The van der Waals surface area contributed by atoms with Crippen LogP contribution in [0.4, 0.5) is 0 Å². The van der Waals surface area contributed by atoms with Crippen molar-refractivity contribution in [3.05, 3.63) is 47.7 Å². The number of hydrogen-bond acceptors (Lipinski definition) is 2. The van der Waals surface area contributed by atoms with Crippen LogP contribution in [-0.2, 0) is 0 Å². The Hall–Kier alpha value is -0.620. The summed E-state index contributed by atoms with van der Waals surface area (Å²) in [6, 6.07) is 12.0. The second-order valence-corrected chi connectivity index (χ2v) is 5.93. The normalized spacial score (nSPS) is 10.1. The predicted octanol–water partition coefficient (Wildman–Crippen LogP) is 0.785. The van der Waals surface area contributed by atoms with E-state index in [1.54, 1.807) is 12.3 Å². The molecule has 0 saturated carbocycles. The molecule has 1 aromatic carbocycles. The average molecular weight is 318 g/mol. The van der Waals surface area contributed by atoms with Gasteiger partial charge in [-0.25, -0.2) is 0 Å². The van der Waals surface area contributed by atoms with Gasteiger partial charge < -0.3 is 0 Å². The molecule has 0 aliphatic heterocycles. The summed E-state index contributed by atoms with van der Waals surface area (Å²) in [4.78, 5) is 8.38. The van der Waals surface area contributed by atoms with Gasteiger partial charge in [0, 0.05) is 0 Å². The first-order valence-corrected chi connectivity index (χ1v) is 6.77. The van der Waals surface area contributed by atoms with Crippen molar-refractivity contribution in [3.8, 4) is 0 Å². The van der Waals surface area contributed by atoms with Crippen LogP contribution in [-0.4, -0.2) is 30.9 Å². The Bertz CT molecular complexity index is 419. The first-order valence-electron chi connectivity index (χ1n) is 4.06. The first kappa shape index (κ1) is 9.92. The molecule has 4 heteroatoms. The maximum atomic E-state index is 5.78. The fourth-order valence-corrected chi connectivity index (χ4v) is 3.43. The minimum absolute atomic E-state index is 0.480. The van der Waals surface area contributed by atoms with Crippen LogP contribution in [0.2, 0.25) is 5.15 Å². The number of halogens is 1. The van der Waals surface area contributed by atoms with Gasteiger partial charge in [-0.1, -0.05) is 0 Å². The van der Waals surface area contributed by atoms with Crippen molar-refractivity contribution in [2.24, 2.45) is 0 Å². The molecule has 0 atom stereocenters. The van der Waals surface area contributed by atoms with Gasteiger partial charge in [0.1, 0.15) is 0 Å². The molecule has 0 spiro atoms. The Balaban J connectivity index is 2.19. The number of hydrogen-bond donors (Lipinski definition) is 0. The summed E-state index contributed by atoms with van der Waals surface area (Å²) in [6.07, 6.45) is 1.71. The summed E-state index contributed by atoms with van der Waals surface area (Å²) in [5, 5.41) is 0.524. The molecule has 2 rings (SSSR count). The molecule has 2 nitrogen and oxygen atoms in total. The fourth-order valence-electron chi connectivity index (χ4n) is 0.963. The second kappa shape index (κ2) is 4.75. The van der Waals surface area contributed by atoms with Crippen LogP contribution in [0.1, 0.15) is 0 Å². The standard InChI is InChI=1S/C10H7ClN2Te/c11-9-6-7-12-10(13-9)14-8-4-2-1-3-5-8/h1-7H. The van der Waals surface area contributed by atoms with Crippen molar-refractivity contribution in [1.82, 2.24) is 9.97 Å². The van der Waals surface area contributed by atoms with Gasteiger partial charge in [-0.3, -0.25) is 0 Å². The Labute approximate surface area is 97.4 Å². The molecular formula is C10H7ClN2Te. The molecule has 70 valence electrons. The second-order valence-electron chi connectivity index (χ2n) is 2.58. The van der Waals surface area contributed by atoms with E-state index in [2.05, 4.69) is 22.1 Å². The van der Waals surface area contributed by atoms with Crippen LogP contribution in [0.3, 0.4) is 0 Å². The van der Waals surface area contributed by atoms with Crippen molar-refractivity contribution in [2.45, 2.75) is 0 Å². The molecule has 0 aliphatic carbocycles. The van der Waals surface area contributed by atoms with E-state index in [-0.39, 0.29) is 0 Å². The summed E-state index contributed by atoms with van der Waals surface area (Å²) < 4.78 is 2.20. The van der Waals surface area contributed by atoms with E-state index in [9.17, 15) is 0 Å². The third-order valence-electron chi connectivity index (χ3n) is 1.55. The summed E-state index contributed by atoms with van der Waals surface area (Å²) in [5.41, 5.74) is 0. The van der Waals surface area contributed by atoms with E-state index in [0.29, 0.717) is 5.15 Å². The monoisotopic (exact) mass is 320 g/mol. The maximum absolute atomic E-state index is 5.78. The van der Waals surface area contributed by atoms with Gasteiger partial charge in [0.15, 0.2) is 0 Å². The van der Waals surface area contributed by atoms with Crippen LogP contribution >= 0.6 is 11.6 Å². The molecule has 0 saturated heterocycles. The van der Waals surface area contributed by atoms with E-state index in [1.807, 2.05) is 18.2 Å². The average Bonchev–Trinajstić information content (AvgIpc) is 2.19. The molecule has 0 bridgehead atoms. The van der Waals surface area contributed by atoms with E-state index >= 15 is 0 Å². The van der Waals surface area contributed by atoms with Crippen LogP contribution in [0.15, 0.2) is 42.6 Å². The van der Waals surface area contributed by atoms with Crippen molar-refractivity contribution in [3.63, 3.8) is 0 Å². The molecule has 1 aromatic heterocycles. The van der Waals surface area contributed by atoms with Crippen molar-refractivity contribution >= 4 is 40.0 Å². The summed E-state index contributed by atoms with van der Waals surface area (Å²) >= 11 is 5.30. The summed E-state index contributed by atoms with van der Waals surface area (Å²) in [5.74, 6) is 0. The molecule has 0 radical (unpaired) electrons. The van der Waals surface area contributed by atoms with Crippen molar-refractivity contribution in [1.29, 1.82) is 0 Å². The van der Waals surface area contributed by atoms with Gasteiger partial charge in [0.05, 0.1) is 0 Å². The quantitative estimate of drug-likeness (QED) is 0.604. The zero-order valence-corrected chi connectivity index (χ0v) is 10.3. The molecule has 0 aliphatic rings. The van der Waals surface area contributed by atoms with Gasteiger partial charge in [-0.2, -0.15) is 0 Å². The Morgan fingerprint density at radius 3 is 2.57 bits per heavy atom. The fraction of sp³-hybridized carbons (Fsp3) is 0. The van der Waals surface area contributed by atoms with E-state index in [1.165, 1.54) is 3.61 Å². The van der Waals surface area contributed by atoms with Gasteiger partial charge >= 0.3 is 97.7 Å². The third kappa shape index (κ3) is 2.68. The van der Waals surface area contributed by atoms with Crippen LogP contribution < -0.4 is 7.48 Å². The van der Waals surface area contributed by atoms with Crippen LogP contribution in [0, 0.1) is 0 Å². The molecule has 14 heavy (non-hydrogen) atoms. The topological polar surface area (TPSA) is 25.8 Å². The number of benzene rings is 1. The molecular weight excluding hydrogens is 311 g/mol. The number of aromatic nitrogens is 2. The Kier molecular flexibility index (Phi) is 3.36. The summed E-state index contributed by atoms with van der Waals surface area (Å²) in [7, 11) is 0. The predicted molar refractivity (Wildman–Crippen MR) is 58.5 cm³/mol. The molecule has 2 aromatic rings. The summed E-state index contributed by atoms with van der Waals surface area (Å²) in [6.45, 7) is 0. The molecule has 1 heterocycles. The zero-order chi connectivity index (χ0) is 9.80. The molecule has 0 fully saturated rings. The van der Waals surface area contributed by atoms with Crippen LogP contribution in [0.25, 0.3) is 0 Å². The number of nitrogens with zero attached hydrogens (tertiary/aromatic N) is 2. The van der Waals surface area contributed by atoms with Crippen molar-refractivity contribution in [2.75, 3.05) is 0 Å². The Morgan fingerprint density at radius 2 is 1.86 bits per heavy atom. The van der Waals surface area contributed by atoms with E-state index < -0.39 is 20.9 Å². The van der Waals surface area contributed by atoms with Gasteiger partial charge in [0.25, 0.3) is 0 Å². The van der Waals surface area contributed by atoms with Crippen LogP contribution in [0.5, 0.6) is 0 Å². The van der Waals surface area contributed by atoms with Gasteiger partial charge in [-0.15, -0.1) is 0 Å². The van der Waals surface area contributed by atoms with E-state index in [4.69, 9.17) is 11.6 Å². The molecule has 0 amide bonds. The first-order chi connectivity index (χ1) is 6.84. The van der Waals surface area contributed by atoms with Crippen molar-refractivity contribution < 1.29 is 0 Å². The van der Waals surface area contributed by atoms with E-state index in [0.717, 1.165) is 3.87 Å². The third-order valence-corrected chi connectivity index (χ3v) is 4.29. The van der Waals surface area contributed by atoms with Gasteiger partial charge in [0.2, 0.25) is 0 Å².